The molecule has 0 spiro atoms. The van der Waals surface area contributed by atoms with Crippen LogP contribution in [0.3, 0.4) is 0 Å². The van der Waals surface area contributed by atoms with Gasteiger partial charge >= 0.3 is 59.2 Å². The molecule has 2 aliphatic carbocycles. The molecule has 0 atom stereocenters. The number of hydrogen-bond donors (Lipinski definition) is 2. The van der Waals surface area contributed by atoms with Gasteiger partial charge in [0.2, 0.25) is 0 Å². The monoisotopic (exact) mass is 904 g/mol. The summed E-state index contributed by atoms with van der Waals surface area (Å²) in [6, 6.07) is -0.0180. The smallest absolute Gasteiger partial charge is 0.385 e. The molecule has 2 nitrogen and oxygen atoms in total. The van der Waals surface area contributed by atoms with Gasteiger partial charge in [0, 0.05) is 22.5 Å². The second-order valence-electron chi connectivity index (χ2n) is 17.6. The van der Waals surface area contributed by atoms with E-state index in [0.29, 0.717) is 12.8 Å². The van der Waals surface area contributed by atoms with Gasteiger partial charge in [0.05, 0.1) is 0 Å². The Kier molecular flexibility index (Phi) is 11.6. The fraction of sp³-hybridized carbons (Fsp3) is 0.684. The molecule has 60 heavy (non-hydrogen) atoms. The molecular weight excluding hydrogens is 864 g/mol. The van der Waals surface area contributed by atoms with Crippen LogP contribution in [-0.2, 0) is 22.7 Å². The molecule has 0 aliphatic heterocycles. The Hall–Kier alpha value is -3.36. The van der Waals surface area contributed by atoms with Gasteiger partial charge in [-0.1, -0.05) is 54.4 Å². The van der Waals surface area contributed by atoms with E-state index in [1.54, 1.807) is 0 Å². The van der Waals surface area contributed by atoms with E-state index in [1.165, 1.54) is 41.5 Å². The van der Waals surface area contributed by atoms with E-state index in [2.05, 4.69) is 0 Å². The summed E-state index contributed by atoms with van der Waals surface area (Å²) in [5, 5.41) is 0. The third kappa shape index (κ3) is 6.66. The number of hydrogen-bond acceptors (Lipinski definition) is 2. The number of alkyl halides is 20. The van der Waals surface area contributed by atoms with Crippen LogP contribution in [0.4, 0.5) is 99.2 Å². The third-order valence-corrected chi connectivity index (χ3v) is 11.4. The second-order valence-corrected chi connectivity index (χ2v) is 17.6. The van der Waals surface area contributed by atoms with Gasteiger partial charge in [-0.25, -0.2) is 0 Å². The van der Waals surface area contributed by atoms with Crippen molar-refractivity contribution in [3.05, 3.63) is 57.6 Å². The Labute approximate surface area is 330 Å². The Balaban J connectivity index is 1.84. The number of anilines is 2. The van der Waals surface area contributed by atoms with Gasteiger partial charge in [-0.15, -0.1) is 0 Å². The lowest BCUT2D eigenvalue weighted by molar-refractivity contribution is -0.470. The van der Waals surface area contributed by atoms with Gasteiger partial charge in [-0.05, 0) is 94.9 Å². The average Bonchev–Trinajstić information content (AvgIpc) is 3.02. The summed E-state index contributed by atoms with van der Waals surface area (Å²) in [7, 11) is 0. The first kappa shape index (κ1) is 49.3. The molecule has 0 bridgehead atoms. The molecule has 2 aliphatic rings. The molecule has 4 N–H and O–H groups in total. The molecule has 0 unspecified atom stereocenters. The van der Waals surface area contributed by atoms with Crippen molar-refractivity contribution in [3.63, 3.8) is 0 Å². The van der Waals surface area contributed by atoms with Crippen molar-refractivity contribution < 1.29 is 87.8 Å². The van der Waals surface area contributed by atoms with Gasteiger partial charge in [0.1, 0.15) is 0 Å². The van der Waals surface area contributed by atoms with Gasteiger partial charge < -0.3 is 11.5 Å². The SMILES string of the molecule is CC(C)(C)c1cc(C(F)(F)C(F)(F)C(F)(F)C(F)(F)C(F)(F)C(F)(F)C(F)(F)C(F)(F)C(F)(F)C(F)(F)c2cc(C3CCC3)c(N)c(C(C)(C)C)c2)cc(C2CCC2)c1N. The highest BCUT2D eigenvalue weighted by Gasteiger charge is 2.97. The predicted molar refractivity (Wildman–Crippen MR) is 180 cm³/mol. The van der Waals surface area contributed by atoms with Crippen molar-refractivity contribution in [1.29, 1.82) is 0 Å². The normalized spacial score (nSPS) is 18.1. The fourth-order valence-electron chi connectivity index (χ4n) is 7.01. The van der Waals surface area contributed by atoms with E-state index >= 15 is 52.7 Å². The summed E-state index contributed by atoms with van der Waals surface area (Å²) in [5.74, 6) is -84.9. The summed E-state index contributed by atoms with van der Waals surface area (Å²) in [6.07, 6.45) is 1.34. The lowest BCUT2D eigenvalue weighted by atomic mass is 9.74. The Morgan fingerprint density at radius 1 is 0.367 bits per heavy atom. The summed E-state index contributed by atoms with van der Waals surface area (Å²) in [5.41, 5.74) is 1.76. The third-order valence-electron chi connectivity index (χ3n) is 11.4. The molecule has 0 amide bonds. The van der Waals surface area contributed by atoms with Crippen LogP contribution < -0.4 is 11.5 Å². The Bertz CT molecular complexity index is 1810. The molecule has 2 saturated carbocycles. The number of nitrogen functional groups attached to an aromatic ring is 2. The molecule has 2 aromatic carbocycles. The van der Waals surface area contributed by atoms with Crippen LogP contribution in [0, 0.1) is 0 Å². The minimum absolute atomic E-state index is 0.0148. The van der Waals surface area contributed by atoms with E-state index in [4.69, 9.17) is 11.5 Å². The summed E-state index contributed by atoms with van der Waals surface area (Å²) in [6.45, 7) is 7.31. The predicted octanol–water partition coefficient (Wildman–Crippen LogP) is 13.9. The molecule has 4 rings (SSSR count). The Morgan fingerprint density at radius 2 is 0.583 bits per heavy atom. The molecule has 22 heteroatoms. The van der Waals surface area contributed by atoms with E-state index < -0.39 is 115 Å². The minimum atomic E-state index is -9.13. The zero-order valence-electron chi connectivity index (χ0n) is 32.4. The highest BCUT2D eigenvalue weighted by molar-refractivity contribution is 5.62. The van der Waals surface area contributed by atoms with Crippen LogP contribution in [0.1, 0.15) is 125 Å². The van der Waals surface area contributed by atoms with Crippen LogP contribution in [0.2, 0.25) is 0 Å². The maximum absolute atomic E-state index is 15.5. The molecule has 0 radical (unpaired) electrons. The largest absolute Gasteiger partial charge is 0.398 e. The zero-order valence-corrected chi connectivity index (χ0v) is 32.4. The molecule has 0 saturated heterocycles. The van der Waals surface area contributed by atoms with Crippen LogP contribution >= 0.6 is 0 Å². The van der Waals surface area contributed by atoms with Gasteiger partial charge in [0.15, 0.2) is 0 Å². The van der Waals surface area contributed by atoms with Crippen molar-refractivity contribution >= 4 is 11.4 Å². The van der Waals surface area contributed by atoms with Crippen LogP contribution in [0.25, 0.3) is 0 Å². The average molecular weight is 905 g/mol. The van der Waals surface area contributed by atoms with Crippen LogP contribution in [0.15, 0.2) is 24.3 Å². The fourth-order valence-corrected chi connectivity index (χ4v) is 7.01. The highest BCUT2D eigenvalue weighted by atomic mass is 19.4. The van der Waals surface area contributed by atoms with Crippen molar-refractivity contribution in [1.82, 2.24) is 0 Å². The number of halogens is 20. The first-order chi connectivity index (χ1) is 26.5. The van der Waals surface area contributed by atoms with Crippen LogP contribution in [0.5, 0.6) is 0 Å². The molecule has 342 valence electrons. The summed E-state index contributed by atoms with van der Waals surface area (Å²) in [4.78, 5) is 0. The molecule has 0 aromatic heterocycles. The zero-order chi connectivity index (χ0) is 46.8. The number of benzene rings is 2. The summed E-state index contributed by atoms with van der Waals surface area (Å²) >= 11 is 0. The molecular formula is C38H40F20N2. The first-order valence-electron chi connectivity index (χ1n) is 18.1. The quantitative estimate of drug-likeness (QED) is 0.155. The Morgan fingerprint density at radius 3 is 0.767 bits per heavy atom. The van der Waals surface area contributed by atoms with E-state index in [-0.39, 0.29) is 61.3 Å². The van der Waals surface area contributed by atoms with Crippen molar-refractivity contribution in [2.45, 2.75) is 162 Å². The van der Waals surface area contributed by atoms with E-state index in [9.17, 15) is 35.1 Å². The van der Waals surface area contributed by atoms with Crippen molar-refractivity contribution in [2.75, 3.05) is 11.5 Å². The lowest BCUT2D eigenvalue weighted by Gasteiger charge is -2.45. The van der Waals surface area contributed by atoms with E-state index in [0.717, 1.165) is 0 Å². The van der Waals surface area contributed by atoms with E-state index in [1.807, 2.05) is 0 Å². The number of rotatable bonds is 13. The second kappa shape index (κ2) is 14.1. The molecule has 2 aromatic rings. The molecule has 2 fully saturated rings. The van der Waals surface area contributed by atoms with Gasteiger partial charge in [-0.2, -0.15) is 87.8 Å². The molecule has 0 heterocycles. The number of nitrogens with two attached hydrogens (primary N) is 2. The summed E-state index contributed by atoms with van der Waals surface area (Å²) < 4.78 is 303. The standard InChI is InChI=1S/C38H40F20N2/c1-27(2,3)23-15-19(13-21(25(23)59)17-9-7-10-17)29(39,40)31(43,44)33(47,48)35(51,52)37(55,56)38(57,58)36(53,54)34(49,50)32(45,46)30(41,42)20-14-22(18-11-8-12-18)26(60)24(16-20)28(4,5)6/h13-18H,7-12,59-60H2,1-6H3. The highest BCUT2D eigenvalue weighted by Crippen LogP contribution is 2.68. The minimum Gasteiger partial charge on any atom is -0.398 e. The maximum Gasteiger partial charge on any atom is 0.385 e. The van der Waals surface area contributed by atoms with Gasteiger partial charge in [0.25, 0.3) is 0 Å². The maximum atomic E-state index is 15.5. The first-order valence-corrected chi connectivity index (χ1v) is 18.1. The van der Waals surface area contributed by atoms with Crippen LogP contribution in [-0.4, -0.2) is 47.4 Å². The van der Waals surface area contributed by atoms with Crippen molar-refractivity contribution in [3.8, 4) is 0 Å². The van der Waals surface area contributed by atoms with Crippen molar-refractivity contribution in [2.24, 2.45) is 0 Å². The topological polar surface area (TPSA) is 52.0 Å². The van der Waals surface area contributed by atoms with Gasteiger partial charge in [-0.3, -0.25) is 0 Å². The lowest BCUT2D eigenvalue weighted by Crippen LogP contribution is -2.76.